The molecule has 0 aliphatic carbocycles. The van der Waals surface area contributed by atoms with Gasteiger partial charge in [0.25, 0.3) is 0 Å². The minimum atomic E-state index is 0.0854. The molecular formula is C20H32N2O. The molecule has 2 N–H and O–H groups in total. The Morgan fingerprint density at radius 1 is 1.43 bits per heavy atom. The molecule has 23 heavy (non-hydrogen) atoms. The zero-order valence-electron chi connectivity index (χ0n) is 14.8. The van der Waals surface area contributed by atoms with Gasteiger partial charge in [-0.25, -0.2) is 0 Å². The van der Waals surface area contributed by atoms with Gasteiger partial charge in [-0.15, -0.1) is 12.3 Å². The van der Waals surface area contributed by atoms with Crippen LogP contribution in [-0.4, -0.2) is 18.5 Å². The van der Waals surface area contributed by atoms with E-state index in [0.29, 0.717) is 6.04 Å². The third-order valence-electron chi connectivity index (χ3n) is 4.45. The summed E-state index contributed by atoms with van der Waals surface area (Å²) < 4.78 is 0. The van der Waals surface area contributed by atoms with E-state index in [2.05, 4.69) is 36.1 Å². The quantitative estimate of drug-likeness (QED) is 0.448. The molecule has 3 heteroatoms. The summed E-state index contributed by atoms with van der Waals surface area (Å²) >= 11 is 0. The van der Waals surface area contributed by atoms with Gasteiger partial charge in [0, 0.05) is 30.6 Å². The molecule has 0 aromatic heterocycles. The Morgan fingerprint density at radius 3 is 2.91 bits per heavy atom. The highest BCUT2D eigenvalue weighted by Crippen LogP contribution is 2.21. The van der Waals surface area contributed by atoms with Gasteiger partial charge in [0.15, 0.2) is 0 Å². The lowest BCUT2D eigenvalue weighted by molar-refractivity contribution is -0.124. The maximum atomic E-state index is 12.0. The van der Waals surface area contributed by atoms with Crippen molar-refractivity contribution >= 4 is 5.91 Å². The molecule has 3 nitrogen and oxygen atoms in total. The number of terminal acetylenes is 1. The molecule has 0 radical (unpaired) electrons. The van der Waals surface area contributed by atoms with Crippen LogP contribution in [0.3, 0.4) is 0 Å². The number of rotatable bonds is 11. The fourth-order valence-electron chi connectivity index (χ4n) is 2.96. The number of carbonyl (C=O) groups excluding carboxylic acids is 1. The molecule has 0 spiro atoms. The van der Waals surface area contributed by atoms with Gasteiger partial charge < -0.3 is 10.6 Å². The predicted octanol–water partition coefficient (Wildman–Crippen LogP) is 3.92. The summed E-state index contributed by atoms with van der Waals surface area (Å²) in [7, 11) is 0. The van der Waals surface area contributed by atoms with E-state index in [1.54, 1.807) is 0 Å². The molecule has 2 atom stereocenters. The third-order valence-corrected chi connectivity index (χ3v) is 4.45. The van der Waals surface area contributed by atoms with Crippen molar-refractivity contribution in [1.29, 1.82) is 0 Å². The summed E-state index contributed by atoms with van der Waals surface area (Å²) in [6.45, 7) is 8.92. The zero-order valence-corrected chi connectivity index (χ0v) is 14.8. The first-order valence-corrected chi connectivity index (χ1v) is 8.95. The fourth-order valence-corrected chi connectivity index (χ4v) is 2.96. The van der Waals surface area contributed by atoms with Gasteiger partial charge in [0.1, 0.15) is 0 Å². The van der Waals surface area contributed by atoms with Gasteiger partial charge in [-0.05, 0) is 50.2 Å². The third kappa shape index (κ3) is 7.41. The Balaban J connectivity index is 2.08. The molecule has 128 valence electrons. The van der Waals surface area contributed by atoms with E-state index in [4.69, 9.17) is 6.42 Å². The van der Waals surface area contributed by atoms with Gasteiger partial charge in [-0.2, -0.15) is 0 Å². The highest BCUT2D eigenvalue weighted by Gasteiger charge is 2.18. The lowest BCUT2D eigenvalue weighted by Gasteiger charge is -2.16. The minimum Gasteiger partial charge on any atom is -0.379 e. The molecular weight excluding hydrogens is 284 g/mol. The number of amides is 1. The van der Waals surface area contributed by atoms with Crippen molar-refractivity contribution in [2.75, 3.05) is 6.54 Å². The maximum absolute atomic E-state index is 12.0. The first-order valence-electron chi connectivity index (χ1n) is 8.95. The van der Waals surface area contributed by atoms with Crippen LogP contribution in [0, 0.1) is 18.3 Å². The average Bonchev–Trinajstić information content (AvgIpc) is 2.90. The van der Waals surface area contributed by atoms with E-state index in [1.807, 2.05) is 6.92 Å². The van der Waals surface area contributed by atoms with Crippen LogP contribution in [0.4, 0.5) is 0 Å². The van der Waals surface area contributed by atoms with Crippen LogP contribution in [0.25, 0.3) is 0 Å². The van der Waals surface area contributed by atoms with Crippen LogP contribution in [0.15, 0.2) is 23.9 Å². The second kappa shape index (κ2) is 10.9. The second-order valence-corrected chi connectivity index (χ2v) is 6.43. The van der Waals surface area contributed by atoms with E-state index in [0.717, 1.165) is 63.6 Å². The molecule has 0 fully saturated rings. The normalized spacial score (nSPS) is 18.0. The molecule has 0 aromatic carbocycles. The van der Waals surface area contributed by atoms with Crippen molar-refractivity contribution in [2.45, 2.75) is 71.3 Å². The number of nitrogens with one attached hydrogen (secondary N) is 2. The predicted molar refractivity (Wildman–Crippen MR) is 97.8 cm³/mol. The highest BCUT2D eigenvalue weighted by atomic mass is 16.1. The van der Waals surface area contributed by atoms with Crippen LogP contribution in [0.2, 0.25) is 0 Å². The molecule has 1 aliphatic rings. The van der Waals surface area contributed by atoms with Gasteiger partial charge in [-0.1, -0.05) is 26.8 Å². The van der Waals surface area contributed by atoms with Crippen molar-refractivity contribution in [3.63, 3.8) is 0 Å². The van der Waals surface area contributed by atoms with Crippen LogP contribution >= 0.6 is 0 Å². The summed E-state index contributed by atoms with van der Waals surface area (Å²) in [5, 5.41) is 6.47. The number of hydrogen-bond acceptors (Lipinski definition) is 2. The Hall–Kier alpha value is -1.69. The monoisotopic (exact) mass is 316 g/mol. The SMILES string of the molecule is C#CCCCC[C@@H](C)C(=O)NCCCC[C@@H]1NC(=C)C=C1CC. The molecule has 1 rings (SSSR count). The van der Waals surface area contributed by atoms with Gasteiger partial charge in [-0.3, -0.25) is 4.79 Å². The van der Waals surface area contributed by atoms with Crippen molar-refractivity contribution in [3.8, 4) is 12.3 Å². The first-order chi connectivity index (χ1) is 11.1. The van der Waals surface area contributed by atoms with E-state index >= 15 is 0 Å². The number of carbonyl (C=O) groups is 1. The molecule has 0 saturated heterocycles. The van der Waals surface area contributed by atoms with E-state index in [1.165, 1.54) is 5.57 Å². The molecule has 0 aromatic rings. The molecule has 0 bridgehead atoms. The molecule has 1 amide bonds. The topological polar surface area (TPSA) is 41.1 Å². The Labute approximate surface area is 142 Å². The fraction of sp³-hybridized carbons (Fsp3) is 0.650. The molecule has 1 aliphatic heterocycles. The average molecular weight is 316 g/mol. The van der Waals surface area contributed by atoms with Crippen molar-refractivity contribution < 1.29 is 4.79 Å². The largest absolute Gasteiger partial charge is 0.379 e. The minimum absolute atomic E-state index is 0.0854. The van der Waals surface area contributed by atoms with Crippen LogP contribution in [-0.2, 0) is 4.79 Å². The summed E-state index contributed by atoms with van der Waals surface area (Å²) in [5.74, 6) is 2.90. The summed E-state index contributed by atoms with van der Waals surface area (Å²) in [6, 6.07) is 0.443. The first kappa shape index (κ1) is 19.4. The smallest absolute Gasteiger partial charge is 0.222 e. The molecule has 1 heterocycles. The lowest BCUT2D eigenvalue weighted by atomic mass is 10.0. The Bertz CT molecular complexity index is 459. The number of allylic oxidation sites excluding steroid dienone is 1. The van der Waals surface area contributed by atoms with Gasteiger partial charge in [0.2, 0.25) is 5.91 Å². The Kier molecular flexibility index (Phi) is 9.21. The highest BCUT2D eigenvalue weighted by molar-refractivity contribution is 5.78. The van der Waals surface area contributed by atoms with Crippen LogP contribution in [0.1, 0.15) is 65.2 Å². The standard InChI is InChI=1S/C20H32N2O/c1-5-7-8-9-12-16(3)20(23)21-14-11-10-13-19-18(6-2)15-17(4)22-19/h1,15-16,19,22H,4,6-14H2,2-3H3,(H,21,23)/t16-,19+/m1/s1. The van der Waals surface area contributed by atoms with E-state index < -0.39 is 0 Å². The van der Waals surface area contributed by atoms with Crippen LogP contribution < -0.4 is 10.6 Å². The second-order valence-electron chi connectivity index (χ2n) is 6.43. The Morgan fingerprint density at radius 2 is 2.22 bits per heavy atom. The van der Waals surface area contributed by atoms with Crippen molar-refractivity contribution in [3.05, 3.63) is 23.9 Å². The van der Waals surface area contributed by atoms with Gasteiger partial charge in [0.05, 0.1) is 0 Å². The summed E-state index contributed by atoms with van der Waals surface area (Å²) in [4.78, 5) is 12.0. The summed E-state index contributed by atoms with van der Waals surface area (Å²) in [5.41, 5.74) is 2.47. The van der Waals surface area contributed by atoms with Gasteiger partial charge >= 0.3 is 0 Å². The van der Waals surface area contributed by atoms with E-state index in [9.17, 15) is 4.79 Å². The molecule has 0 saturated carbocycles. The number of hydrogen-bond donors (Lipinski definition) is 2. The lowest BCUT2D eigenvalue weighted by Crippen LogP contribution is -2.30. The summed E-state index contributed by atoms with van der Waals surface area (Å²) in [6.07, 6.45) is 15.5. The van der Waals surface area contributed by atoms with Crippen LogP contribution in [0.5, 0.6) is 0 Å². The van der Waals surface area contributed by atoms with E-state index in [-0.39, 0.29) is 11.8 Å². The van der Waals surface area contributed by atoms with Crippen molar-refractivity contribution in [1.82, 2.24) is 10.6 Å². The van der Waals surface area contributed by atoms with Crippen molar-refractivity contribution in [2.24, 2.45) is 5.92 Å². The maximum Gasteiger partial charge on any atom is 0.222 e. The zero-order chi connectivity index (χ0) is 17.1. The number of unbranched alkanes of at least 4 members (excludes halogenated alkanes) is 3. The molecule has 0 unspecified atom stereocenters.